The first-order valence-electron chi connectivity index (χ1n) is 4.84. The molecule has 0 saturated heterocycles. The Morgan fingerprint density at radius 2 is 2.13 bits per heavy atom. The third-order valence-electron chi connectivity index (χ3n) is 2.76. The summed E-state index contributed by atoms with van der Waals surface area (Å²) in [5, 5.41) is 9.99. The summed E-state index contributed by atoms with van der Waals surface area (Å²) in [7, 11) is 0. The number of ether oxygens (including phenoxy) is 1. The molecule has 0 spiro atoms. The van der Waals surface area contributed by atoms with Crippen molar-refractivity contribution in [3.63, 3.8) is 0 Å². The molecule has 0 amide bonds. The van der Waals surface area contributed by atoms with Crippen LogP contribution in [0.4, 0.5) is 0 Å². The van der Waals surface area contributed by atoms with Crippen LogP contribution >= 0.6 is 22.6 Å². The number of halogens is 1. The number of benzene rings is 1. The molecule has 0 unspecified atom stereocenters. The molecule has 0 aliphatic carbocycles. The zero-order valence-electron chi connectivity index (χ0n) is 8.70. The number of rotatable bonds is 0. The molecule has 0 saturated carbocycles. The molecule has 3 N–H and O–H groups in total. The van der Waals surface area contributed by atoms with Crippen molar-refractivity contribution < 1.29 is 9.84 Å². The van der Waals surface area contributed by atoms with Gasteiger partial charge in [-0.05, 0) is 54.6 Å². The standard InChI is InChI=1S/C11H14INO2/c1-11(2)10(14)9(13)7-5-6(12)3-4-8(7)15-11/h3-5,9-10,14H,13H2,1-2H3/t9-,10+/m0/s1. The van der Waals surface area contributed by atoms with Gasteiger partial charge < -0.3 is 15.6 Å². The molecule has 1 aliphatic rings. The van der Waals surface area contributed by atoms with E-state index in [1.54, 1.807) is 0 Å². The van der Waals surface area contributed by atoms with Crippen LogP contribution in [0.3, 0.4) is 0 Å². The van der Waals surface area contributed by atoms with Crippen LogP contribution in [0.25, 0.3) is 0 Å². The highest BCUT2D eigenvalue weighted by molar-refractivity contribution is 14.1. The third kappa shape index (κ3) is 1.86. The largest absolute Gasteiger partial charge is 0.485 e. The number of nitrogens with two attached hydrogens (primary N) is 1. The fraction of sp³-hybridized carbons (Fsp3) is 0.455. The van der Waals surface area contributed by atoms with Crippen LogP contribution < -0.4 is 10.5 Å². The monoisotopic (exact) mass is 319 g/mol. The van der Waals surface area contributed by atoms with E-state index in [1.807, 2.05) is 32.0 Å². The number of hydrogen-bond acceptors (Lipinski definition) is 3. The van der Waals surface area contributed by atoms with E-state index >= 15 is 0 Å². The molecule has 3 nitrogen and oxygen atoms in total. The van der Waals surface area contributed by atoms with Gasteiger partial charge in [-0.3, -0.25) is 0 Å². The van der Waals surface area contributed by atoms with Gasteiger partial charge >= 0.3 is 0 Å². The Labute approximate surface area is 103 Å². The lowest BCUT2D eigenvalue weighted by Gasteiger charge is -2.40. The molecule has 0 aromatic heterocycles. The van der Waals surface area contributed by atoms with E-state index in [0.717, 1.165) is 14.9 Å². The fourth-order valence-electron chi connectivity index (χ4n) is 1.82. The minimum atomic E-state index is -0.678. The Morgan fingerprint density at radius 3 is 2.80 bits per heavy atom. The van der Waals surface area contributed by atoms with Gasteiger partial charge in [0.2, 0.25) is 0 Å². The second-order valence-electron chi connectivity index (χ2n) is 4.36. The Kier molecular flexibility index (Phi) is 2.68. The Hall–Kier alpha value is -0.330. The van der Waals surface area contributed by atoms with Crippen molar-refractivity contribution in [1.82, 2.24) is 0 Å². The number of fused-ring (bicyclic) bond motifs is 1. The minimum Gasteiger partial charge on any atom is -0.485 e. The van der Waals surface area contributed by atoms with Crippen LogP contribution in [-0.4, -0.2) is 16.8 Å². The fourth-order valence-corrected chi connectivity index (χ4v) is 2.33. The van der Waals surface area contributed by atoms with E-state index in [9.17, 15) is 5.11 Å². The number of aliphatic hydroxyl groups excluding tert-OH is 1. The minimum absolute atomic E-state index is 0.376. The van der Waals surface area contributed by atoms with Crippen molar-refractivity contribution >= 4 is 22.6 Å². The Bertz CT molecular complexity index is 392. The van der Waals surface area contributed by atoms with Crippen LogP contribution in [0.2, 0.25) is 0 Å². The van der Waals surface area contributed by atoms with Gasteiger partial charge in [0.1, 0.15) is 17.5 Å². The molecule has 1 aromatic rings. The molecule has 1 aliphatic heterocycles. The van der Waals surface area contributed by atoms with Gasteiger partial charge in [0.25, 0.3) is 0 Å². The first kappa shape index (κ1) is 11.2. The van der Waals surface area contributed by atoms with Crippen molar-refractivity contribution in [2.75, 3.05) is 0 Å². The highest BCUT2D eigenvalue weighted by Crippen LogP contribution is 2.38. The van der Waals surface area contributed by atoms with E-state index in [1.165, 1.54) is 0 Å². The maximum Gasteiger partial charge on any atom is 0.131 e. The van der Waals surface area contributed by atoms with Crippen molar-refractivity contribution in [2.24, 2.45) is 5.73 Å². The molecule has 2 rings (SSSR count). The van der Waals surface area contributed by atoms with E-state index in [-0.39, 0.29) is 6.04 Å². The molecular weight excluding hydrogens is 305 g/mol. The lowest BCUT2D eigenvalue weighted by atomic mass is 9.87. The molecule has 0 fully saturated rings. The first-order valence-corrected chi connectivity index (χ1v) is 5.92. The second kappa shape index (κ2) is 3.61. The van der Waals surface area contributed by atoms with Gasteiger partial charge in [-0.1, -0.05) is 0 Å². The lowest BCUT2D eigenvalue weighted by Crippen LogP contribution is -2.51. The third-order valence-corrected chi connectivity index (χ3v) is 3.43. The normalized spacial score (nSPS) is 28.1. The van der Waals surface area contributed by atoms with Gasteiger partial charge in [0.15, 0.2) is 0 Å². The molecule has 1 heterocycles. The molecule has 15 heavy (non-hydrogen) atoms. The summed E-state index contributed by atoms with van der Waals surface area (Å²) in [6.07, 6.45) is -0.678. The van der Waals surface area contributed by atoms with Gasteiger partial charge in [0.05, 0.1) is 6.04 Å². The molecule has 2 atom stereocenters. The predicted molar refractivity (Wildman–Crippen MR) is 66.8 cm³/mol. The van der Waals surface area contributed by atoms with Gasteiger partial charge in [-0.25, -0.2) is 0 Å². The van der Waals surface area contributed by atoms with Crippen molar-refractivity contribution in [2.45, 2.75) is 31.6 Å². The molecule has 82 valence electrons. The number of hydrogen-bond donors (Lipinski definition) is 2. The molecular formula is C11H14INO2. The van der Waals surface area contributed by atoms with Crippen LogP contribution in [0.15, 0.2) is 18.2 Å². The summed E-state index contributed by atoms with van der Waals surface area (Å²) in [5.41, 5.74) is 6.26. The highest BCUT2D eigenvalue weighted by atomic mass is 127. The average Bonchev–Trinajstić information content (AvgIpc) is 2.16. The zero-order chi connectivity index (χ0) is 11.2. The van der Waals surface area contributed by atoms with Gasteiger partial charge in [-0.2, -0.15) is 0 Å². The first-order chi connectivity index (χ1) is 6.92. The SMILES string of the molecule is CC1(C)Oc2ccc(I)cc2[C@H](N)[C@H]1O. The van der Waals surface area contributed by atoms with Crippen molar-refractivity contribution in [3.05, 3.63) is 27.3 Å². The Morgan fingerprint density at radius 1 is 1.47 bits per heavy atom. The summed E-state index contributed by atoms with van der Waals surface area (Å²) in [6, 6.07) is 5.46. The smallest absolute Gasteiger partial charge is 0.131 e. The number of aliphatic hydroxyl groups is 1. The van der Waals surface area contributed by atoms with Crippen molar-refractivity contribution in [3.8, 4) is 5.75 Å². The van der Waals surface area contributed by atoms with E-state index in [0.29, 0.717) is 0 Å². The molecule has 1 aromatic carbocycles. The highest BCUT2D eigenvalue weighted by Gasteiger charge is 2.41. The van der Waals surface area contributed by atoms with Crippen LogP contribution in [0.1, 0.15) is 25.5 Å². The average molecular weight is 319 g/mol. The summed E-state index contributed by atoms with van der Waals surface area (Å²) < 4.78 is 6.82. The lowest BCUT2D eigenvalue weighted by molar-refractivity contribution is -0.0572. The molecule has 4 heteroatoms. The summed E-state index contributed by atoms with van der Waals surface area (Å²) in [4.78, 5) is 0. The van der Waals surface area contributed by atoms with Gasteiger partial charge in [0, 0.05) is 9.13 Å². The van der Waals surface area contributed by atoms with E-state index < -0.39 is 11.7 Å². The molecule has 0 radical (unpaired) electrons. The topological polar surface area (TPSA) is 55.5 Å². The maximum atomic E-state index is 9.99. The van der Waals surface area contributed by atoms with Crippen LogP contribution in [0.5, 0.6) is 5.75 Å². The Balaban J connectivity index is 2.50. The zero-order valence-corrected chi connectivity index (χ0v) is 10.9. The van der Waals surface area contributed by atoms with Crippen molar-refractivity contribution in [1.29, 1.82) is 0 Å². The van der Waals surface area contributed by atoms with Crippen LogP contribution in [-0.2, 0) is 0 Å². The predicted octanol–water partition coefficient (Wildman–Crippen LogP) is 1.82. The summed E-state index contributed by atoms with van der Waals surface area (Å²) >= 11 is 2.22. The van der Waals surface area contributed by atoms with E-state index in [2.05, 4.69) is 22.6 Å². The maximum absolute atomic E-state index is 9.99. The van der Waals surface area contributed by atoms with Gasteiger partial charge in [-0.15, -0.1) is 0 Å². The molecule has 0 bridgehead atoms. The summed E-state index contributed by atoms with van der Waals surface area (Å²) in [6.45, 7) is 3.69. The summed E-state index contributed by atoms with van der Waals surface area (Å²) in [5.74, 6) is 0.776. The quantitative estimate of drug-likeness (QED) is 0.717. The van der Waals surface area contributed by atoms with E-state index in [4.69, 9.17) is 10.5 Å². The van der Waals surface area contributed by atoms with Crippen LogP contribution in [0, 0.1) is 3.57 Å². The second-order valence-corrected chi connectivity index (χ2v) is 5.60.